The summed E-state index contributed by atoms with van der Waals surface area (Å²) in [5, 5.41) is 7.75. The average Bonchev–Trinajstić information content (AvgIpc) is 2.45. The van der Waals surface area contributed by atoms with Gasteiger partial charge in [0.25, 0.3) is 0 Å². The Kier molecular flexibility index (Phi) is 6.54. The average molecular weight is 299 g/mol. The minimum atomic E-state index is -1.21. The second-order valence-corrected chi connectivity index (χ2v) is 4.52. The quantitative estimate of drug-likeness (QED) is 0.592. The van der Waals surface area contributed by atoms with Gasteiger partial charge >= 0.3 is 17.2 Å². The summed E-state index contributed by atoms with van der Waals surface area (Å²) in [7, 11) is 0. The minimum Gasteiger partial charge on any atom is -0.480 e. The summed E-state index contributed by atoms with van der Waals surface area (Å²) in [5.41, 5.74) is 5.54. The van der Waals surface area contributed by atoms with Crippen LogP contribution in [0.4, 0.5) is 4.79 Å². The fourth-order valence-corrected chi connectivity index (χ4v) is 1.65. The molecule has 1 rings (SSSR count). The molecule has 0 heterocycles. The normalized spacial score (nSPS) is 11.4. The summed E-state index contributed by atoms with van der Waals surface area (Å²) in [4.78, 5) is 33.1. The van der Waals surface area contributed by atoms with Crippen LogP contribution >= 0.6 is 11.8 Å². The molecule has 0 aliphatic rings. The van der Waals surface area contributed by atoms with Crippen molar-refractivity contribution in [2.24, 2.45) is 5.73 Å². The van der Waals surface area contributed by atoms with E-state index in [1.165, 1.54) is 0 Å². The molecular weight excluding hydrogens is 286 g/mol. The van der Waals surface area contributed by atoms with Gasteiger partial charge in [-0.3, -0.25) is 4.79 Å². The van der Waals surface area contributed by atoms with Crippen LogP contribution in [0.3, 0.4) is 0 Å². The van der Waals surface area contributed by atoms with Crippen LogP contribution in [0.5, 0.6) is 0 Å². The smallest absolute Gasteiger partial charge is 0.370 e. The molecular formula is C12H13NO6S. The Labute approximate surface area is 119 Å². The summed E-state index contributed by atoms with van der Waals surface area (Å²) in [6.45, 7) is -0.540. The monoisotopic (exact) mass is 299 g/mol. The summed E-state index contributed by atoms with van der Waals surface area (Å²) < 4.78 is 9.31. The molecule has 0 amide bonds. The number of nitrogens with two attached hydrogens (primary N) is 1. The maximum absolute atomic E-state index is 11.5. The Hall–Kier alpha value is -2.06. The standard InChI is InChI=1S/C12H13NO6S/c13-9(10(14)15)6-20-12(17)19-7-18-11(16)8-4-2-1-3-5-8/h1-5,9H,6-7,13H2,(H,14,15)/t9-/m0/s1. The molecule has 0 aliphatic heterocycles. The molecule has 0 saturated carbocycles. The highest BCUT2D eigenvalue weighted by atomic mass is 32.2. The van der Waals surface area contributed by atoms with Gasteiger partial charge < -0.3 is 20.3 Å². The molecule has 1 aromatic carbocycles. The zero-order valence-electron chi connectivity index (χ0n) is 10.4. The second-order valence-electron chi connectivity index (χ2n) is 3.57. The first-order valence-corrected chi connectivity index (χ1v) is 6.49. The highest BCUT2D eigenvalue weighted by Crippen LogP contribution is 2.07. The fourth-order valence-electron chi connectivity index (χ4n) is 1.06. The Bertz CT molecular complexity index is 478. The van der Waals surface area contributed by atoms with E-state index in [-0.39, 0.29) is 5.75 Å². The number of carbonyl (C=O) groups is 3. The Morgan fingerprint density at radius 3 is 2.45 bits per heavy atom. The van der Waals surface area contributed by atoms with Crippen molar-refractivity contribution < 1.29 is 29.0 Å². The molecule has 20 heavy (non-hydrogen) atoms. The van der Waals surface area contributed by atoms with Crippen molar-refractivity contribution in [3.63, 3.8) is 0 Å². The highest BCUT2D eigenvalue weighted by molar-refractivity contribution is 8.13. The van der Waals surface area contributed by atoms with Crippen LogP contribution in [0.1, 0.15) is 10.4 Å². The molecule has 108 valence electrons. The fraction of sp³-hybridized carbons (Fsp3) is 0.250. The first-order chi connectivity index (χ1) is 9.50. The van der Waals surface area contributed by atoms with E-state index in [9.17, 15) is 14.4 Å². The molecule has 0 unspecified atom stereocenters. The minimum absolute atomic E-state index is 0.124. The third-order valence-corrected chi connectivity index (χ3v) is 2.95. The van der Waals surface area contributed by atoms with Crippen LogP contribution in [-0.4, -0.2) is 40.9 Å². The molecule has 0 aliphatic carbocycles. The molecule has 3 N–H and O–H groups in total. The van der Waals surface area contributed by atoms with E-state index in [0.717, 1.165) is 0 Å². The number of aliphatic carboxylic acids is 1. The lowest BCUT2D eigenvalue weighted by Crippen LogP contribution is -2.33. The molecule has 0 radical (unpaired) electrons. The summed E-state index contributed by atoms with van der Waals surface area (Å²) in [6, 6.07) is 7.06. The van der Waals surface area contributed by atoms with Crippen molar-refractivity contribution in [2.75, 3.05) is 12.5 Å². The van der Waals surface area contributed by atoms with Crippen LogP contribution in [0, 0.1) is 0 Å². The van der Waals surface area contributed by atoms with Gasteiger partial charge in [-0.05, 0) is 23.9 Å². The predicted octanol–water partition coefficient (Wildman–Crippen LogP) is 1.08. The number of carbonyl (C=O) groups excluding carboxylic acids is 2. The molecule has 0 bridgehead atoms. The van der Waals surface area contributed by atoms with Gasteiger partial charge in [0.1, 0.15) is 6.04 Å². The lowest BCUT2D eigenvalue weighted by atomic mass is 10.2. The second kappa shape index (κ2) is 8.18. The van der Waals surface area contributed by atoms with Crippen LogP contribution < -0.4 is 5.73 Å². The molecule has 8 heteroatoms. The molecule has 7 nitrogen and oxygen atoms in total. The third kappa shape index (κ3) is 5.72. The predicted molar refractivity (Wildman–Crippen MR) is 71.3 cm³/mol. The molecule has 0 fully saturated rings. The van der Waals surface area contributed by atoms with Crippen molar-refractivity contribution in [2.45, 2.75) is 6.04 Å². The van der Waals surface area contributed by atoms with Gasteiger partial charge in [-0.1, -0.05) is 18.2 Å². The number of carboxylic acid groups (broad SMARTS) is 1. The molecule has 0 spiro atoms. The summed E-state index contributed by atoms with van der Waals surface area (Å²) in [6.07, 6.45) is 0. The van der Waals surface area contributed by atoms with Crippen LogP contribution in [0.25, 0.3) is 0 Å². The van der Waals surface area contributed by atoms with Gasteiger partial charge in [0.15, 0.2) is 0 Å². The van der Waals surface area contributed by atoms with Gasteiger partial charge in [0.05, 0.1) is 5.56 Å². The van der Waals surface area contributed by atoms with E-state index in [0.29, 0.717) is 17.3 Å². The van der Waals surface area contributed by atoms with Gasteiger partial charge in [-0.25, -0.2) is 9.59 Å². The van der Waals surface area contributed by atoms with E-state index in [1.54, 1.807) is 30.3 Å². The number of thioether (sulfide) groups is 1. The van der Waals surface area contributed by atoms with Crippen LogP contribution in [0.15, 0.2) is 30.3 Å². The van der Waals surface area contributed by atoms with Crippen molar-refractivity contribution in [3.8, 4) is 0 Å². The van der Waals surface area contributed by atoms with Gasteiger partial charge in [0.2, 0.25) is 6.79 Å². The SMILES string of the molecule is N[C@@H](CSC(=O)OCOC(=O)c1ccccc1)C(=O)O. The van der Waals surface area contributed by atoms with Gasteiger partial charge in [0, 0.05) is 5.75 Å². The maximum Gasteiger partial charge on any atom is 0.370 e. The first kappa shape index (κ1) is 16.0. The lowest BCUT2D eigenvalue weighted by molar-refractivity contribution is -0.137. The van der Waals surface area contributed by atoms with Crippen LogP contribution in [0.2, 0.25) is 0 Å². The number of hydrogen-bond acceptors (Lipinski definition) is 7. The maximum atomic E-state index is 11.5. The van der Waals surface area contributed by atoms with Crippen LogP contribution in [-0.2, 0) is 14.3 Å². The van der Waals surface area contributed by atoms with Gasteiger partial charge in [-0.2, -0.15) is 0 Å². The van der Waals surface area contributed by atoms with E-state index in [4.69, 9.17) is 15.6 Å². The largest absolute Gasteiger partial charge is 0.480 e. The van der Waals surface area contributed by atoms with E-state index < -0.39 is 30.1 Å². The summed E-state index contributed by atoms with van der Waals surface area (Å²) in [5.74, 6) is -1.95. The van der Waals surface area contributed by atoms with Crippen molar-refractivity contribution in [1.29, 1.82) is 0 Å². The number of rotatable bonds is 6. The molecule has 0 aromatic heterocycles. The first-order valence-electron chi connectivity index (χ1n) is 5.51. The van der Waals surface area contributed by atoms with Gasteiger partial charge in [-0.15, -0.1) is 0 Å². The number of esters is 1. The number of hydrogen-bond donors (Lipinski definition) is 2. The van der Waals surface area contributed by atoms with E-state index in [2.05, 4.69) is 4.74 Å². The highest BCUT2D eigenvalue weighted by Gasteiger charge is 2.15. The number of benzene rings is 1. The Morgan fingerprint density at radius 2 is 1.85 bits per heavy atom. The summed E-state index contributed by atoms with van der Waals surface area (Å²) >= 11 is 0.602. The zero-order chi connectivity index (χ0) is 15.0. The van der Waals surface area contributed by atoms with E-state index >= 15 is 0 Å². The topological polar surface area (TPSA) is 116 Å². The van der Waals surface area contributed by atoms with Crippen molar-refractivity contribution in [1.82, 2.24) is 0 Å². The van der Waals surface area contributed by atoms with Crippen molar-refractivity contribution in [3.05, 3.63) is 35.9 Å². The zero-order valence-corrected chi connectivity index (χ0v) is 11.2. The molecule has 0 saturated heterocycles. The lowest BCUT2D eigenvalue weighted by Gasteiger charge is -2.07. The molecule has 1 atom stereocenters. The molecule has 1 aromatic rings. The van der Waals surface area contributed by atoms with Crippen molar-refractivity contribution >= 4 is 29.0 Å². The number of ether oxygens (including phenoxy) is 2. The Balaban J connectivity index is 2.22. The van der Waals surface area contributed by atoms with E-state index in [1.807, 2.05) is 0 Å². The Morgan fingerprint density at radius 1 is 1.20 bits per heavy atom. The number of carboxylic acids is 1. The third-order valence-electron chi connectivity index (χ3n) is 2.07.